The summed E-state index contributed by atoms with van der Waals surface area (Å²) in [6.45, 7) is 1.24. The first-order valence-corrected chi connectivity index (χ1v) is 8.63. The number of aliphatic carboxylic acids is 1. The smallest absolute Gasteiger partial charge is 0.305 e. The molecule has 0 aromatic heterocycles. The van der Waals surface area contributed by atoms with E-state index in [2.05, 4.69) is 0 Å². The molecule has 0 aromatic carbocycles. The van der Waals surface area contributed by atoms with Crippen molar-refractivity contribution >= 4 is 21.7 Å². The van der Waals surface area contributed by atoms with E-state index in [9.17, 15) is 18.0 Å². The van der Waals surface area contributed by atoms with Gasteiger partial charge in [0.15, 0.2) is 0 Å². The molecular formula is C12H21NO6S. The van der Waals surface area contributed by atoms with Gasteiger partial charge in [0, 0.05) is 25.8 Å². The Labute approximate surface area is 118 Å². The van der Waals surface area contributed by atoms with Gasteiger partial charge in [0.05, 0.1) is 24.9 Å². The van der Waals surface area contributed by atoms with E-state index in [1.165, 1.54) is 0 Å². The third-order valence-corrected chi connectivity index (χ3v) is 4.10. The zero-order valence-electron chi connectivity index (χ0n) is 11.6. The highest BCUT2D eigenvalue weighted by molar-refractivity contribution is 7.90. The minimum Gasteiger partial charge on any atom is -0.481 e. The Kier molecular flexibility index (Phi) is 6.41. The Balaban J connectivity index is 2.24. The average Bonchev–Trinajstić information content (AvgIpc) is 2.35. The van der Waals surface area contributed by atoms with Crippen molar-refractivity contribution in [1.29, 1.82) is 0 Å². The van der Waals surface area contributed by atoms with Crippen molar-refractivity contribution in [1.82, 2.24) is 4.90 Å². The number of piperidine rings is 1. The second kappa shape index (κ2) is 7.58. The molecule has 0 bridgehead atoms. The van der Waals surface area contributed by atoms with E-state index in [4.69, 9.17) is 9.84 Å². The molecule has 0 atom stereocenters. The van der Waals surface area contributed by atoms with Crippen LogP contribution in [-0.2, 0) is 24.2 Å². The molecule has 1 rings (SSSR count). The Morgan fingerprint density at radius 3 is 2.35 bits per heavy atom. The van der Waals surface area contributed by atoms with Crippen molar-refractivity contribution in [2.24, 2.45) is 0 Å². The molecule has 1 amide bonds. The van der Waals surface area contributed by atoms with Gasteiger partial charge in [-0.3, -0.25) is 9.59 Å². The lowest BCUT2D eigenvalue weighted by molar-refractivity contribution is -0.139. The van der Waals surface area contributed by atoms with Crippen LogP contribution >= 0.6 is 0 Å². The van der Waals surface area contributed by atoms with E-state index >= 15 is 0 Å². The highest BCUT2D eigenvalue weighted by Crippen LogP contribution is 2.15. The van der Waals surface area contributed by atoms with Crippen LogP contribution in [0.25, 0.3) is 0 Å². The zero-order chi connectivity index (χ0) is 15.2. The number of carbonyl (C=O) groups is 2. The van der Waals surface area contributed by atoms with Gasteiger partial charge >= 0.3 is 5.97 Å². The number of amides is 1. The molecule has 8 heteroatoms. The van der Waals surface area contributed by atoms with Gasteiger partial charge in [-0.15, -0.1) is 0 Å². The number of nitrogens with zero attached hydrogens (tertiary/aromatic N) is 1. The van der Waals surface area contributed by atoms with E-state index in [1.807, 2.05) is 0 Å². The molecule has 20 heavy (non-hydrogen) atoms. The summed E-state index contributed by atoms with van der Waals surface area (Å²) in [5.74, 6) is -1.17. The van der Waals surface area contributed by atoms with Crippen molar-refractivity contribution in [3.8, 4) is 0 Å². The van der Waals surface area contributed by atoms with E-state index in [0.717, 1.165) is 6.26 Å². The van der Waals surface area contributed by atoms with Crippen LogP contribution in [0.15, 0.2) is 0 Å². The fourth-order valence-electron chi connectivity index (χ4n) is 2.02. The van der Waals surface area contributed by atoms with Gasteiger partial charge in [-0.1, -0.05) is 0 Å². The highest BCUT2D eigenvalue weighted by atomic mass is 32.2. The molecule has 0 spiro atoms. The third kappa shape index (κ3) is 6.85. The number of sulfone groups is 1. The maximum Gasteiger partial charge on any atom is 0.305 e. The van der Waals surface area contributed by atoms with Gasteiger partial charge in [-0.25, -0.2) is 8.42 Å². The summed E-state index contributed by atoms with van der Waals surface area (Å²) in [7, 11) is -3.12. The second-order valence-electron chi connectivity index (χ2n) is 4.97. The fraction of sp³-hybridized carbons (Fsp3) is 0.833. The molecule has 1 saturated heterocycles. The second-order valence-corrected chi connectivity index (χ2v) is 7.23. The minimum absolute atomic E-state index is 0.0172. The summed E-state index contributed by atoms with van der Waals surface area (Å²) < 4.78 is 27.4. The molecule has 1 aliphatic heterocycles. The maximum atomic E-state index is 11.8. The molecule has 1 aliphatic rings. The number of rotatable bonds is 7. The monoisotopic (exact) mass is 307 g/mol. The summed E-state index contributed by atoms with van der Waals surface area (Å²) in [4.78, 5) is 23.8. The summed E-state index contributed by atoms with van der Waals surface area (Å²) in [5, 5.41) is 8.50. The molecule has 1 fully saturated rings. The Morgan fingerprint density at radius 2 is 1.85 bits per heavy atom. The SMILES string of the molecule is CS(=O)(=O)CCC(=O)N1CCC(OCCC(=O)O)CC1. The standard InChI is InChI=1S/C12H21NO6S/c1-20(17,18)9-5-11(14)13-6-2-10(3-7-13)19-8-4-12(15)16/h10H,2-9H2,1H3,(H,15,16). The van der Waals surface area contributed by atoms with Crippen LogP contribution in [-0.4, -0.2) is 68.1 Å². The van der Waals surface area contributed by atoms with Gasteiger partial charge in [0.25, 0.3) is 0 Å². The van der Waals surface area contributed by atoms with Crippen LogP contribution in [0.3, 0.4) is 0 Å². The van der Waals surface area contributed by atoms with Crippen LogP contribution in [0.5, 0.6) is 0 Å². The molecule has 0 saturated carbocycles. The number of hydrogen-bond donors (Lipinski definition) is 1. The maximum absolute atomic E-state index is 11.8. The predicted molar refractivity (Wildman–Crippen MR) is 72.1 cm³/mol. The zero-order valence-corrected chi connectivity index (χ0v) is 12.4. The van der Waals surface area contributed by atoms with Crippen LogP contribution < -0.4 is 0 Å². The number of ether oxygens (including phenoxy) is 1. The van der Waals surface area contributed by atoms with E-state index in [1.54, 1.807) is 4.90 Å². The van der Waals surface area contributed by atoms with Crippen LogP contribution in [0.2, 0.25) is 0 Å². The van der Waals surface area contributed by atoms with Gasteiger partial charge in [-0.2, -0.15) is 0 Å². The Hall–Kier alpha value is -1.15. The molecule has 7 nitrogen and oxygen atoms in total. The van der Waals surface area contributed by atoms with E-state index in [-0.39, 0.29) is 37.2 Å². The van der Waals surface area contributed by atoms with Crippen LogP contribution in [0, 0.1) is 0 Å². The minimum atomic E-state index is -3.12. The summed E-state index contributed by atoms with van der Waals surface area (Å²) in [5.41, 5.74) is 0. The van der Waals surface area contributed by atoms with Crippen LogP contribution in [0.4, 0.5) is 0 Å². The largest absolute Gasteiger partial charge is 0.481 e. The number of carbonyl (C=O) groups excluding carboxylic acids is 1. The van der Waals surface area contributed by atoms with Crippen molar-refractivity contribution < 1.29 is 27.9 Å². The van der Waals surface area contributed by atoms with Crippen molar-refractivity contribution in [3.63, 3.8) is 0 Å². The summed E-state index contributed by atoms with van der Waals surface area (Å²) in [6.07, 6.45) is 2.40. The lowest BCUT2D eigenvalue weighted by atomic mass is 10.1. The third-order valence-electron chi connectivity index (χ3n) is 3.15. The number of carboxylic acid groups (broad SMARTS) is 1. The molecule has 0 radical (unpaired) electrons. The lowest BCUT2D eigenvalue weighted by Crippen LogP contribution is -2.41. The van der Waals surface area contributed by atoms with Gasteiger partial charge in [0.2, 0.25) is 5.91 Å². The number of hydrogen-bond acceptors (Lipinski definition) is 5. The molecule has 1 N–H and O–H groups in total. The summed E-state index contributed by atoms with van der Waals surface area (Å²) >= 11 is 0. The first kappa shape index (κ1) is 16.9. The molecular weight excluding hydrogens is 286 g/mol. The fourth-order valence-corrected chi connectivity index (χ4v) is 2.56. The first-order chi connectivity index (χ1) is 9.28. The van der Waals surface area contributed by atoms with Gasteiger partial charge in [-0.05, 0) is 12.8 Å². The molecule has 0 aromatic rings. The normalized spacial score (nSPS) is 17.1. The average molecular weight is 307 g/mol. The lowest BCUT2D eigenvalue weighted by Gasteiger charge is -2.32. The van der Waals surface area contributed by atoms with Gasteiger partial charge in [0.1, 0.15) is 9.84 Å². The van der Waals surface area contributed by atoms with Gasteiger partial charge < -0.3 is 14.7 Å². The van der Waals surface area contributed by atoms with Crippen molar-refractivity contribution in [2.45, 2.75) is 31.8 Å². The Morgan fingerprint density at radius 1 is 1.25 bits per heavy atom. The molecule has 0 unspecified atom stereocenters. The predicted octanol–water partition coefficient (Wildman–Crippen LogP) is -0.0966. The Bertz CT molecular complexity index is 439. The quantitative estimate of drug-likeness (QED) is 0.705. The first-order valence-electron chi connectivity index (χ1n) is 6.57. The van der Waals surface area contributed by atoms with Crippen LogP contribution in [0.1, 0.15) is 25.7 Å². The highest BCUT2D eigenvalue weighted by Gasteiger charge is 2.23. The van der Waals surface area contributed by atoms with E-state index < -0.39 is 15.8 Å². The van der Waals surface area contributed by atoms with Crippen molar-refractivity contribution in [3.05, 3.63) is 0 Å². The molecule has 116 valence electrons. The number of likely N-dealkylation sites (tertiary alicyclic amines) is 1. The molecule has 1 heterocycles. The topological polar surface area (TPSA) is 101 Å². The molecule has 0 aliphatic carbocycles. The van der Waals surface area contributed by atoms with E-state index in [0.29, 0.717) is 25.9 Å². The van der Waals surface area contributed by atoms with Crippen molar-refractivity contribution in [2.75, 3.05) is 31.7 Å². The summed E-state index contributed by atoms with van der Waals surface area (Å²) in [6, 6.07) is 0. The number of carboxylic acids is 1.